The Morgan fingerprint density at radius 3 is 2.58 bits per heavy atom. The van der Waals surface area contributed by atoms with Gasteiger partial charge < -0.3 is 14.6 Å². The first-order chi connectivity index (χ1) is 17.0. The summed E-state index contributed by atoms with van der Waals surface area (Å²) >= 11 is 7.90. The molecule has 0 saturated carbocycles. The monoisotopic (exact) mass is 522 g/mol. The van der Waals surface area contributed by atoms with Crippen LogP contribution in [0.15, 0.2) is 30.3 Å². The number of hydrogen-bond donors (Lipinski definition) is 1. The normalized spacial score (nSPS) is 14.8. The molecule has 0 bridgehead atoms. The molecule has 4 aromatic rings. The maximum Gasteiger partial charge on any atom is 0.186 e. The van der Waals surface area contributed by atoms with Crippen LogP contribution < -0.4 is 4.90 Å². The van der Waals surface area contributed by atoms with Crippen LogP contribution in [0.1, 0.15) is 62.1 Å². The van der Waals surface area contributed by atoms with E-state index in [1.165, 1.54) is 0 Å². The van der Waals surface area contributed by atoms with E-state index in [0.717, 1.165) is 74.3 Å². The molecule has 2 aromatic carbocycles. The number of aromatic nitrogens is 3. The Hall–Kier alpha value is -2.74. The number of thiazole rings is 1. The van der Waals surface area contributed by atoms with E-state index in [1.807, 2.05) is 58.9 Å². The molecule has 0 unspecified atom stereocenters. The molecule has 8 heteroatoms. The summed E-state index contributed by atoms with van der Waals surface area (Å²) in [4.78, 5) is 28.3. The first-order valence-corrected chi connectivity index (χ1v) is 13.4. The summed E-state index contributed by atoms with van der Waals surface area (Å²) in [6.07, 6.45) is 0.201. The zero-order chi connectivity index (χ0) is 25.8. The number of nitrogens with zero attached hydrogens (tertiary/aromatic N) is 3. The van der Waals surface area contributed by atoms with Gasteiger partial charge in [0.25, 0.3) is 0 Å². The Balaban J connectivity index is 1.69. The highest BCUT2D eigenvalue weighted by Gasteiger charge is 2.31. The van der Waals surface area contributed by atoms with Gasteiger partial charge in [-0.05, 0) is 70.9 Å². The first kappa shape index (κ1) is 24.9. The number of ketones is 1. The lowest BCUT2D eigenvalue weighted by Crippen LogP contribution is -2.30. The maximum absolute atomic E-state index is 12.9. The van der Waals surface area contributed by atoms with Gasteiger partial charge in [-0.15, -0.1) is 0 Å². The van der Waals surface area contributed by atoms with Crippen LogP contribution in [0.2, 0.25) is 5.02 Å². The van der Waals surface area contributed by atoms with E-state index in [0.29, 0.717) is 5.02 Å². The third-order valence-corrected chi connectivity index (χ3v) is 7.77. The number of ether oxygens (including phenoxy) is 1. The van der Waals surface area contributed by atoms with Crippen LogP contribution in [0.5, 0.6) is 0 Å². The van der Waals surface area contributed by atoms with Crippen molar-refractivity contribution in [2.75, 3.05) is 11.4 Å². The summed E-state index contributed by atoms with van der Waals surface area (Å²) in [5, 5.41) is 1.63. The summed E-state index contributed by atoms with van der Waals surface area (Å²) in [5.74, 6) is 0.927. The van der Waals surface area contributed by atoms with Gasteiger partial charge in [-0.1, -0.05) is 35.1 Å². The van der Waals surface area contributed by atoms with Crippen molar-refractivity contribution in [1.82, 2.24) is 15.0 Å². The van der Waals surface area contributed by atoms with E-state index in [4.69, 9.17) is 21.3 Å². The number of imidazole rings is 1. The Morgan fingerprint density at radius 2 is 1.92 bits per heavy atom. The number of anilines is 1. The summed E-state index contributed by atoms with van der Waals surface area (Å²) in [6, 6.07) is 9.87. The molecule has 5 rings (SSSR count). The number of halogens is 1. The highest BCUT2D eigenvalue weighted by atomic mass is 35.5. The van der Waals surface area contributed by atoms with Crippen LogP contribution in [0.4, 0.5) is 5.13 Å². The number of rotatable bonds is 5. The van der Waals surface area contributed by atoms with E-state index in [9.17, 15) is 4.79 Å². The molecule has 1 N–H and O–H groups in total. The second-order valence-corrected chi connectivity index (χ2v) is 11.9. The predicted molar refractivity (Wildman–Crippen MR) is 147 cm³/mol. The standard InChI is InChI=1S/C28H31ClN4O2S/c1-15-13-21-26(36-27(32-21)33-12-11-20-22(14-33)31-17(3)30-20)24(18-7-9-19(29)10-8-18)23(15)25(16(2)34)35-28(4,5)6/h7-10,13,25H,11-12,14H2,1-6H3,(H,30,31)/t25-/m1/s1. The van der Waals surface area contributed by atoms with E-state index in [-0.39, 0.29) is 5.78 Å². The molecule has 0 fully saturated rings. The van der Waals surface area contributed by atoms with Crippen molar-refractivity contribution in [3.63, 3.8) is 0 Å². The number of fused-ring (bicyclic) bond motifs is 2. The van der Waals surface area contributed by atoms with Crippen LogP contribution in [0.25, 0.3) is 21.3 Å². The molecule has 188 valence electrons. The van der Waals surface area contributed by atoms with Crippen molar-refractivity contribution in [3.05, 3.63) is 63.7 Å². The summed E-state index contributed by atoms with van der Waals surface area (Å²) in [7, 11) is 0. The number of aryl methyl sites for hydroxylation is 2. The Kier molecular flexibility index (Phi) is 6.43. The molecule has 0 aliphatic carbocycles. The molecule has 1 aliphatic rings. The van der Waals surface area contributed by atoms with Gasteiger partial charge in [-0.25, -0.2) is 9.97 Å². The molecule has 0 amide bonds. The van der Waals surface area contributed by atoms with Crippen molar-refractivity contribution in [2.24, 2.45) is 0 Å². The number of aromatic amines is 1. The third kappa shape index (κ3) is 4.80. The quantitative estimate of drug-likeness (QED) is 0.306. The fourth-order valence-electron chi connectivity index (χ4n) is 4.87. The van der Waals surface area contributed by atoms with Crippen LogP contribution in [0, 0.1) is 13.8 Å². The number of carbonyl (C=O) groups is 1. The number of nitrogens with one attached hydrogen (secondary N) is 1. The molecule has 6 nitrogen and oxygen atoms in total. The van der Waals surface area contributed by atoms with Crippen LogP contribution in [-0.2, 0) is 22.5 Å². The highest BCUT2D eigenvalue weighted by Crippen LogP contribution is 2.44. The maximum atomic E-state index is 12.9. The minimum absolute atomic E-state index is 0.0227. The second-order valence-electron chi connectivity index (χ2n) is 10.5. The second kappa shape index (κ2) is 9.29. The van der Waals surface area contributed by atoms with Gasteiger partial charge in [0.1, 0.15) is 11.9 Å². The van der Waals surface area contributed by atoms with Gasteiger partial charge >= 0.3 is 0 Å². The van der Waals surface area contributed by atoms with Gasteiger partial charge in [0.05, 0.1) is 33.8 Å². The zero-order valence-electron chi connectivity index (χ0n) is 21.5. The van der Waals surface area contributed by atoms with E-state index >= 15 is 0 Å². The zero-order valence-corrected chi connectivity index (χ0v) is 23.1. The lowest BCUT2D eigenvalue weighted by atomic mass is 9.90. The van der Waals surface area contributed by atoms with E-state index in [1.54, 1.807) is 18.3 Å². The number of H-pyrrole nitrogens is 1. The average Bonchev–Trinajstić information content (AvgIpc) is 3.38. The highest BCUT2D eigenvalue weighted by molar-refractivity contribution is 7.22. The molecule has 1 atom stereocenters. The molecule has 0 saturated heterocycles. The SMILES string of the molecule is CC(=O)[C@@H](OC(C)(C)C)c1c(C)cc2nc(N3CCc4nc(C)[nH]c4C3)sc2c1-c1ccc(Cl)cc1. The minimum Gasteiger partial charge on any atom is -0.360 e. The molecular weight excluding hydrogens is 492 g/mol. The molecule has 36 heavy (non-hydrogen) atoms. The Bertz CT molecular complexity index is 1450. The first-order valence-electron chi connectivity index (χ1n) is 12.2. The van der Waals surface area contributed by atoms with Crippen molar-refractivity contribution < 1.29 is 9.53 Å². The molecular formula is C28H31ClN4O2S. The van der Waals surface area contributed by atoms with Gasteiger partial charge in [-0.3, -0.25) is 4.79 Å². The van der Waals surface area contributed by atoms with Crippen molar-refractivity contribution in [1.29, 1.82) is 0 Å². The van der Waals surface area contributed by atoms with E-state index < -0.39 is 11.7 Å². The Labute approximate surface area is 220 Å². The third-order valence-electron chi connectivity index (χ3n) is 6.37. The Morgan fingerprint density at radius 1 is 1.19 bits per heavy atom. The van der Waals surface area contributed by atoms with Crippen LogP contribution >= 0.6 is 22.9 Å². The van der Waals surface area contributed by atoms with Gasteiger partial charge in [0.15, 0.2) is 10.9 Å². The summed E-state index contributed by atoms with van der Waals surface area (Å²) in [6.45, 7) is 13.2. The van der Waals surface area contributed by atoms with Crippen LogP contribution in [-0.4, -0.2) is 32.9 Å². The minimum atomic E-state index is -0.684. The predicted octanol–water partition coefficient (Wildman–Crippen LogP) is 6.96. The largest absolute Gasteiger partial charge is 0.360 e. The smallest absolute Gasteiger partial charge is 0.186 e. The van der Waals surface area contributed by atoms with E-state index in [2.05, 4.69) is 20.9 Å². The fourth-order valence-corrected chi connectivity index (χ4v) is 6.15. The number of benzene rings is 2. The lowest BCUT2D eigenvalue weighted by molar-refractivity contribution is -0.138. The molecule has 3 heterocycles. The summed E-state index contributed by atoms with van der Waals surface area (Å²) < 4.78 is 7.40. The molecule has 2 aromatic heterocycles. The van der Waals surface area contributed by atoms with Crippen LogP contribution in [0.3, 0.4) is 0 Å². The number of Topliss-reactive ketones (excluding diaryl/α,β-unsaturated/α-hetero) is 1. The summed E-state index contributed by atoms with van der Waals surface area (Å²) in [5.41, 5.74) is 6.60. The lowest BCUT2D eigenvalue weighted by Gasteiger charge is -2.29. The van der Waals surface area contributed by atoms with Crippen molar-refractivity contribution >= 4 is 44.1 Å². The average molecular weight is 523 g/mol. The molecule has 0 radical (unpaired) electrons. The van der Waals surface area contributed by atoms with Gasteiger partial charge in [-0.2, -0.15) is 0 Å². The van der Waals surface area contributed by atoms with Crippen molar-refractivity contribution in [3.8, 4) is 11.1 Å². The fraction of sp³-hybridized carbons (Fsp3) is 0.393. The molecule has 1 aliphatic heterocycles. The van der Waals surface area contributed by atoms with Gasteiger partial charge in [0, 0.05) is 29.1 Å². The number of carbonyl (C=O) groups excluding carboxylic acids is 1. The van der Waals surface area contributed by atoms with Crippen molar-refractivity contribution in [2.45, 2.75) is 66.2 Å². The topological polar surface area (TPSA) is 71.1 Å². The molecule has 0 spiro atoms. The van der Waals surface area contributed by atoms with Gasteiger partial charge in [0.2, 0.25) is 0 Å². The number of hydrogen-bond acceptors (Lipinski definition) is 6.